The van der Waals surface area contributed by atoms with E-state index in [1.807, 2.05) is 0 Å². The summed E-state index contributed by atoms with van der Waals surface area (Å²) in [5.74, 6) is -1.30. The number of halogens is 3. The molecule has 0 aliphatic carbocycles. The lowest BCUT2D eigenvalue weighted by atomic mass is 10.2. The molecule has 0 unspecified atom stereocenters. The van der Waals surface area contributed by atoms with Crippen LogP contribution in [-0.4, -0.2) is 23.0 Å². The zero-order chi connectivity index (χ0) is 13.2. The summed E-state index contributed by atoms with van der Waals surface area (Å²) in [5, 5.41) is 10.5. The van der Waals surface area contributed by atoms with Crippen LogP contribution in [0, 0.1) is 10.1 Å². The number of nitrogens with zero attached hydrogens (tertiary/aromatic N) is 2. The maximum atomic E-state index is 12.3. The van der Waals surface area contributed by atoms with Gasteiger partial charge in [0.1, 0.15) is 5.69 Å². The number of ether oxygens (including phenoxy) is 1. The van der Waals surface area contributed by atoms with Crippen molar-refractivity contribution in [2.24, 2.45) is 0 Å². The van der Waals surface area contributed by atoms with Gasteiger partial charge < -0.3 is 4.74 Å². The molecule has 92 valence electrons. The number of esters is 1. The average molecular weight is 250 g/mol. The second-order valence-corrected chi connectivity index (χ2v) is 2.81. The van der Waals surface area contributed by atoms with E-state index in [0.29, 0.717) is 12.1 Å². The van der Waals surface area contributed by atoms with Crippen LogP contribution >= 0.6 is 0 Å². The molecule has 0 fully saturated rings. The Kier molecular flexibility index (Phi) is 3.30. The molecule has 0 aliphatic rings. The first kappa shape index (κ1) is 12.9. The first-order valence-electron chi connectivity index (χ1n) is 4.08. The average Bonchev–Trinajstić information content (AvgIpc) is 2.25. The Morgan fingerprint density at radius 2 is 2.06 bits per heavy atom. The fourth-order valence-corrected chi connectivity index (χ4v) is 1.00. The molecule has 1 heterocycles. The summed E-state index contributed by atoms with van der Waals surface area (Å²) in [4.78, 5) is 23.4. The molecule has 0 aromatic carbocycles. The predicted octanol–water partition coefficient (Wildman–Crippen LogP) is 1.80. The molecular formula is C8H5F3N2O4. The summed E-state index contributed by atoms with van der Waals surface area (Å²) in [7, 11) is 0.883. The Bertz CT molecular complexity index is 472. The highest BCUT2D eigenvalue weighted by Crippen LogP contribution is 2.30. The standard InChI is InChI=1S/C8H5F3N2O4/c1-17-7(14)6-4(13(15)16)2-3-5(12-6)8(9,10)11/h2-3H,1H3. The van der Waals surface area contributed by atoms with Gasteiger partial charge in [-0.05, 0) is 6.07 Å². The van der Waals surface area contributed by atoms with Crippen molar-refractivity contribution in [3.8, 4) is 0 Å². The van der Waals surface area contributed by atoms with Gasteiger partial charge >= 0.3 is 17.8 Å². The van der Waals surface area contributed by atoms with Crippen molar-refractivity contribution in [3.05, 3.63) is 33.6 Å². The minimum Gasteiger partial charge on any atom is -0.464 e. The summed E-state index contributed by atoms with van der Waals surface area (Å²) in [5.41, 5.74) is -3.22. The summed E-state index contributed by atoms with van der Waals surface area (Å²) in [6, 6.07) is 0.979. The number of hydrogen-bond acceptors (Lipinski definition) is 5. The molecule has 0 saturated carbocycles. The molecule has 0 saturated heterocycles. The van der Waals surface area contributed by atoms with Crippen LogP contribution in [0.2, 0.25) is 0 Å². The molecule has 0 spiro atoms. The lowest BCUT2D eigenvalue weighted by Crippen LogP contribution is -2.14. The van der Waals surface area contributed by atoms with Gasteiger partial charge in [-0.25, -0.2) is 9.78 Å². The predicted molar refractivity (Wildman–Crippen MR) is 47.2 cm³/mol. The van der Waals surface area contributed by atoms with Crippen molar-refractivity contribution in [2.45, 2.75) is 6.18 Å². The van der Waals surface area contributed by atoms with Gasteiger partial charge in [0.2, 0.25) is 5.69 Å². The number of rotatable bonds is 2. The van der Waals surface area contributed by atoms with E-state index in [4.69, 9.17) is 0 Å². The van der Waals surface area contributed by atoms with Crippen molar-refractivity contribution < 1.29 is 27.6 Å². The van der Waals surface area contributed by atoms with E-state index in [-0.39, 0.29) is 0 Å². The monoisotopic (exact) mass is 250 g/mol. The van der Waals surface area contributed by atoms with E-state index in [1.54, 1.807) is 0 Å². The lowest BCUT2D eigenvalue weighted by molar-refractivity contribution is -0.385. The largest absolute Gasteiger partial charge is 0.464 e. The first-order chi connectivity index (χ1) is 7.77. The fourth-order valence-electron chi connectivity index (χ4n) is 1.00. The highest BCUT2D eigenvalue weighted by atomic mass is 19.4. The zero-order valence-electron chi connectivity index (χ0n) is 8.32. The lowest BCUT2D eigenvalue weighted by Gasteiger charge is -2.07. The van der Waals surface area contributed by atoms with E-state index in [9.17, 15) is 28.1 Å². The van der Waals surface area contributed by atoms with E-state index >= 15 is 0 Å². The molecule has 1 rings (SSSR count). The number of carbonyl (C=O) groups is 1. The fraction of sp³-hybridized carbons (Fsp3) is 0.250. The van der Waals surface area contributed by atoms with Gasteiger partial charge in [0.15, 0.2) is 0 Å². The van der Waals surface area contributed by atoms with E-state index in [0.717, 1.165) is 7.11 Å². The molecule has 0 bridgehead atoms. The van der Waals surface area contributed by atoms with Crippen molar-refractivity contribution in [1.29, 1.82) is 0 Å². The normalized spacial score (nSPS) is 11.1. The molecule has 9 heteroatoms. The number of aromatic nitrogens is 1. The third-order valence-corrected chi connectivity index (χ3v) is 1.74. The van der Waals surface area contributed by atoms with Gasteiger partial charge in [0.05, 0.1) is 12.0 Å². The summed E-state index contributed by atoms with van der Waals surface area (Å²) < 4.78 is 41.0. The number of alkyl halides is 3. The Morgan fingerprint density at radius 1 is 1.47 bits per heavy atom. The van der Waals surface area contributed by atoms with Gasteiger partial charge in [-0.2, -0.15) is 13.2 Å². The summed E-state index contributed by atoms with van der Waals surface area (Å²) in [6.45, 7) is 0. The second-order valence-electron chi connectivity index (χ2n) is 2.81. The van der Waals surface area contributed by atoms with Crippen molar-refractivity contribution in [1.82, 2.24) is 4.98 Å². The van der Waals surface area contributed by atoms with Gasteiger partial charge in [-0.3, -0.25) is 10.1 Å². The van der Waals surface area contributed by atoms with Crippen LogP contribution in [-0.2, 0) is 10.9 Å². The number of pyridine rings is 1. The van der Waals surface area contributed by atoms with Crippen LogP contribution in [0.15, 0.2) is 12.1 Å². The Labute approximate surface area is 92.2 Å². The van der Waals surface area contributed by atoms with Crippen LogP contribution in [0.3, 0.4) is 0 Å². The number of hydrogen-bond donors (Lipinski definition) is 0. The van der Waals surface area contributed by atoms with Crippen LogP contribution in [0.4, 0.5) is 18.9 Å². The molecular weight excluding hydrogens is 245 g/mol. The topological polar surface area (TPSA) is 82.3 Å². The Hall–Kier alpha value is -2.19. The minimum atomic E-state index is -4.79. The Balaban J connectivity index is 3.39. The van der Waals surface area contributed by atoms with Crippen LogP contribution in [0.1, 0.15) is 16.2 Å². The number of carbonyl (C=O) groups excluding carboxylic acids is 1. The SMILES string of the molecule is COC(=O)c1nc(C(F)(F)F)ccc1[N+](=O)[O-]. The third-order valence-electron chi connectivity index (χ3n) is 1.74. The molecule has 1 aromatic heterocycles. The third kappa shape index (κ3) is 2.68. The van der Waals surface area contributed by atoms with Crippen LogP contribution in [0.5, 0.6) is 0 Å². The molecule has 1 aromatic rings. The maximum absolute atomic E-state index is 12.3. The van der Waals surface area contributed by atoms with Gasteiger partial charge in [-0.1, -0.05) is 0 Å². The maximum Gasteiger partial charge on any atom is 0.433 e. The number of nitro groups is 1. The van der Waals surface area contributed by atoms with Gasteiger partial charge in [0.25, 0.3) is 0 Å². The molecule has 6 nitrogen and oxygen atoms in total. The molecule has 0 amide bonds. The van der Waals surface area contributed by atoms with Crippen LogP contribution < -0.4 is 0 Å². The smallest absolute Gasteiger partial charge is 0.433 e. The molecule has 17 heavy (non-hydrogen) atoms. The highest BCUT2D eigenvalue weighted by Gasteiger charge is 2.35. The second kappa shape index (κ2) is 4.36. The number of methoxy groups -OCH3 is 1. The summed E-state index contributed by atoms with van der Waals surface area (Å²) in [6.07, 6.45) is -4.79. The van der Waals surface area contributed by atoms with Gasteiger partial charge in [-0.15, -0.1) is 0 Å². The first-order valence-corrected chi connectivity index (χ1v) is 4.08. The van der Waals surface area contributed by atoms with E-state index in [2.05, 4.69) is 9.72 Å². The van der Waals surface area contributed by atoms with Gasteiger partial charge in [0, 0.05) is 6.07 Å². The molecule has 0 atom stereocenters. The van der Waals surface area contributed by atoms with Crippen molar-refractivity contribution in [3.63, 3.8) is 0 Å². The zero-order valence-corrected chi connectivity index (χ0v) is 8.32. The highest BCUT2D eigenvalue weighted by molar-refractivity contribution is 5.91. The quantitative estimate of drug-likeness (QED) is 0.454. The molecule has 0 N–H and O–H groups in total. The molecule has 0 aliphatic heterocycles. The van der Waals surface area contributed by atoms with E-state index in [1.165, 1.54) is 0 Å². The Morgan fingerprint density at radius 3 is 2.47 bits per heavy atom. The van der Waals surface area contributed by atoms with Crippen LogP contribution in [0.25, 0.3) is 0 Å². The summed E-state index contributed by atoms with van der Waals surface area (Å²) >= 11 is 0. The molecule has 0 radical (unpaired) electrons. The van der Waals surface area contributed by atoms with Crippen molar-refractivity contribution in [2.75, 3.05) is 7.11 Å². The van der Waals surface area contributed by atoms with Crippen molar-refractivity contribution >= 4 is 11.7 Å². The minimum absolute atomic E-state index is 0.421. The van der Waals surface area contributed by atoms with E-state index < -0.39 is 34.1 Å².